The third kappa shape index (κ3) is 3.06. The van der Waals surface area contributed by atoms with Crippen molar-refractivity contribution in [1.29, 1.82) is 0 Å². The predicted octanol–water partition coefficient (Wildman–Crippen LogP) is 3.01. The zero-order valence-electron chi connectivity index (χ0n) is 15.3. The topological polar surface area (TPSA) is 89.3 Å². The molecule has 1 amide bonds. The highest BCUT2D eigenvalue weighted by Gasteiger charge is 2.32. The van der Waals surface area contributed by atoms with Gasteiger partial charge in [0.15, 0.2) is 11.6 Å². The summed E-state index contributed by atoms with van der Waals surface area (Å²) in [6.07, 6.45) is 0.625. The highest BCUT2D eigenvalue weighted by molar-refractivity contribution is 7.22. The molecule has 0 saturated carbocycles. The molecule has 4 N–H and O–H groups in total. The van der Waals surface area contributed by atoms with Crippen LogP contribution in [0.4, 0.5) is 14.6 Å². The molecule has 1 saturated heterocycles. The molecule has 0 bridgehead atoms. The van der Waals surface area contributed by atoms with Crippen LogP contribution in [0.2, 0.25) is 0 Å². The van der Waals surface area contributed by atoms with Crippen molar-refractivity contribution in [3.63, 3.8) is 0 Å². The van der Waals surface area contributed by atoms with Gasteiger partial charge in [-0.05, 0) is 24.6 Å². The first-order chi connectivity index (χ1) is 14.0. The summed E-state index contributed by atoms with van der Waals surface area (Å²) in [4.78, 5) is 17.5. The van der Waals surface area contributed by atoms with Gasteiger partial charge in [0.25, 0.3) is 5.91 Å². The molecule has 4 heterocycles. The van der Waals surface area contributed by atoms with E-state index >= 15 is 4.39 Å². The first-order valence-corrected chi connectivity index (χ1v) is 10.1. The number of aromatic nitrogens is 1. The summed E-state index contributed by atoms with van der Waals surface area (Å²) in [5.74, 6) is -1.24. The fourth-order valence-electron chi connectivity index (χ4n) is 3.81. The van der Waals surface area contributed by atoms with E-state index in [1.807, 2.05) is 0 Å². The second kappa shape index (κ2) is 7.01. The molecule has 29 heavy (non-hydrogen) atoms. The lowest BCUT2D eigenvalue weighted by Crippen LogP contribution is -2.48. The maximum absolute atomic E-state index is 15.1. The number of carbonyl (C=O) groups is 1. The highest BCUT2D eigenvalue weighted by atomic mass is 32.1. The molecule has 150 valence electrons. The zero-order chi connectivity index (χ0) is 20.1. The van der Waals surface area contributed by atoms with Crippen molar-refractivity contribution in [2.75, 3.05) is 18.5 Å². The largest absolute Gasteiger partial charge is 0.380 e. The molecular formula is C20H18F2N4O2S. The van der Waals surface area contributed by atoms with Crippen LogP contribution < -0.4 is 16.4 Å². The second-order valence-electron chi connectivity index (χ2n) is 7.20. The Kier molecular flexibility index (Phi) is 4.45. The van der Waals surface area contributed by atoms with Gasteiger partial charge < -0.3 is 21.1 Å². The first-order valence-electron chi connectivity index (χ1n) is 9.32. The molecule has 9 heteroatoms. The summed E-state index contributed by atoms with van der Waals surface area (Å²) in [7, 11) is 0. The lowest BCUT2D eigenvalue weighted by Gasteiger charge is -2.30. The van der Waals surface area contributed by atoms with Crippen LogP contribution in [0.1, 0.15) is 22.3 Å². The Hall–Kier alpha value is -2.62. The number of fused-ring (bicyclic) bond motifs is 2. The van der Waals surface area contributed by atoms with Crippen LogP contribution in [0.15, 0.2) is 24.3 Å². The Bertz CT molecular complexity index is 1130. The van der Waals surface area contributed by atoms with Crippen molar-refractivity contribution >= 4 is 33.1 Å². The zero-order valence-corrected chi connectivity index (χ0v) is 16.1. The molecule has 3 aromatic rings. The molecule has 0 aliphatic carbocycles. The van der Waals surface area contributed by atoms with Gasteiger partial charge in [-0.15, -0.1) is 11.3 Å². The van der Waals surface area contributed by atoms with E-state index in [2.05, 4.69) is 15.6 Å². The summed E-state index contributed by atoms with van der Waals surface area (Å²) in [5, 5.41) is 6.21. The van der Waals surface area contributed by atoms with Gasteiger partial charge >= 0.3 is 0 Å². The minimum Gasteiger partial charge on any atom is -0.380 e. The number of halogens is 2. The second-order valence-corrected chi connectivity index (χ2v) is 8.28. The molecule has 0 spiro atoms. The number of carbonyl (C=O) groups excluding carboxylic acids is 1. The average Bonchev–Trinajstić information content (AvgIpc) is 3.31. The summed E-state index contributed by atoms with van der Waals surface area (Å²) in [6.45, 7) is 0.996. The standard InChI is InChI=1S/C20H18F2N4O2S/c21-11-2-1-3-14-9(11)6-15(29-14)18-16-10(7-24-20(16)27)17(22)19(26-18)25-13-4-5-28-8-12(13)23/h1-3,6,12-13H,4-5,7-8,23H2,(H,24,27)(H,25,26)/t12-,13+/m0/s1. The minimum atomic E-state index is -0.562. The number of nitrogens with zero attached hydrogens (tertiary/aromatic N) is 1. The normalized spacial score (nSPS) is 21.3. The molecule has 6 nitrogen and oxygen atoms in total. The summed E-state index contributed by atoms with van der Waals surface area (Å²) in [5.41, 5.74) is 6.90. The third-order valence-electron chi connectivity index (χ3n) is 5.35. The number of anilines is 1. The molecule has 2 atom stereocenters. The highest BCUT2D eigenvalue weighted by Crippen LogP contribution is 2.39. The van der Waals surface area contributed by atoms with Gasteiger partial charge in [-0.3, -0.25) is 4.79 Å². The lowest BCUT2D eigenvalue weighted by molar-refractivity contribution is 0.0751. The summed E-state index contributed by atoms with van der Waals surface area (Å²) >= 11 is 1.32. The number of ether oxygens (including phenoxy) is 1. The van der Waals surface area contributed by atoms with E-state index in [4.69, 9.17) is 10.5 Å². The van der Waals surface area contributed by atoms with Crippen LogP contribution in [0.5, 0.6) is 0 Å². The molecule has 1 aromatic carbocycles. The van der Waals surface area contributed by atoms with Crippen molar-refractivity contribution in [2.45, 2.75) is 25.0 Å². The molecule has 2 aliphatic rings. The Morgan fingerprint density at radius 3 is 3.00 bits per heavy atom. The number of hydrogen-bond donors (Lipinski definition) is 3. The van der Waals surface area contributed by atoms with Gasteiger partial charge in [0.05, 0.1) is 22.7 Å². The maximum atomic E-state index is 15.1. The molecule has 0 unspecified atom stereocenters. The number of rotatable bonds is 3. The lowest BCUT2D eigenvalue weighted by atomic mass is 10.0. The van der Waals surface area contributed by atoms with E-state index in [1.165, 1.54) is 17.4 Å². The van der Waals surface area contributed by atoms with Crippen LogP contribution in [0, 0.1) is 11.6 Å². The number of amides is 1. The van der Waals surface area contributed by atoms with Gasteiger partial charge in [-0.1, -0.05) is 6.07 Å². The molecule has 2 aliphatic heterocycles. The molecule has 0 radical (unpaired) electrons. The van der Waals surface area contributed by atoms with Gasteiger partial charge in [-0.2, -0.15) is 0 Å². The maximum Gasteiger partial charge on any atom is 0.254 e. The minimum absolute atomic E-state index is 0.0514. The van der Waals surface area contributed by atoms with Crippen LogP contribution >= 0.6 is 11.3 Å². The van der Waals surface area contributed by atoms with E-state index in [1.54, 1.807) is 18.2 Å². The number of thiophene rings is 1. The van der Waals surface area contributed by atoms with Crippen LogP contribution in [-0.2, 0) is 11.3 Å². The van der Waals surface area contributed by atoms with Gasteiger partial charge in [0, 0.05) is 40.9 Å². The number of nitrogens with two attached hydrogens (primary N) is 1. The Morgan fingerprint density at radius 1 is 1.34 bits per heavy atom. The smallest absolute Gasteiger partial charge is 0.254 e. The number of pyridine rings is 1. The van der Waals surface area contributed by atoms with Crippen LogP contribution in [-0.4, -0.2) is 36.2 Å². The predicted molar refractivity (Wildman–Crippen MR) is 107 cm³/mol. The van der Waals surface area contributed by atoms with Gasteiger partial charge in [0.1, 0.15) is 5.82 Å². The van der Waals surface area contributed by atoms with Crippen molar-refractivity contribution in [3.8, 4) is 10.6 Å². The fraction of sp³-hybridized carbons (Fsp3) is 0.300. The fourth-order valence-corrected chi connectivity index (χ4v) is 4.88. The summed E-state index contributed by atoms with van der Waals surface area (Å²) < 4.78 is 35.4. The van der Waals surface area contributed by atoms with E-state index in [0.717, 1.165) is 4.70 Å². The van der Waals surface area contributed by atoms with E-state index in [-0.39, 0.29) is 47.3 Å². The molecular weight excluding hydrogens is 398 g/mol. The number of hydrogen-bond acceptors (Lipinski definition) is 6. The number of nitrogens with one attached hydrogen (secondary N) is 2. The van der Waals surface area contributed by atoms with Crippen molar-refractivity contribution < 1.29 is 18.3 Å². The molecule has 2 aromatic heterocycles. The van der Waals surface area contributed by atoms with E-state index in [0.29, 0.717) is 35.6 Å². The monoisotopic (exact) mass is 416 g/mol. The van der Waals surface area contributed by atoms with Crippen LogP contribution in [0.3, 0.4) is 0 Å². The Morgan fingerprint density at radius 2 is 2.21 bits per heavy atom. The molecule has 5 rings (SSSR count). The van der Waals surface area contributed by atoms with Crippen molar-refractivity contribution in [3.05, 3.63) is 47.0 Å². The van der Waals surface area contributed by atoms with Crippen molar-refractivity contribution in [2.24, 2.45) is 5.73 Å². The average molecular weight is 416 g/mol. The van der Waals surface area contributed by atoms with Crippen LogP contribution in [0.25, 0.3) is 20.7 Å². The Balaban J connectivity index is 1.65. The quantitative estimate of drug-likeness (QED) is 0.611. The third-order valence-corrected chi connectivity index (χ3v) is 6.46. The Labute approximate surface area is 169 Å². The molecule has 1 fully saturated rings. The van der Waals surface area contributed by atoms with Gasteiger partial charge in [-0.25, -0.2) is 13.8 Å². The van der Waals surface area contributed by atoms with E-state index < -0.39 is 5.82 Å². The first kappa shape index (κ1) is 18.4. The van der Waals surface area contributed by atoms with E-state index in [9.17, 15) is 9.18 Å². The van der Waals surface area contributed by atoms with Gasteiger partial charge in [0.2, 0.25) is 0 Å². The summed E-state index contributed by atoms with van der Waals surface area (Å²) in [6, 6.07) is 5.99. The van der Waals surface area contributed by atoms with Crippen molar-refractivity contribution in [1.82, 2.24) is 10.3 Å². The SMILES string of the molecule is N[C@H]1COCC[C@H]1Nc1nc(-c2cc3c(F)cccc3s2)c2c(c1F)CNC2=O. The number of benzene rings is 1.